The fourth-order valence-electron chi connectivity index (χ4n) is 4.40. The van der Waals surface area contributed by atoms with Crippen molar-refractivity contribution in [2.45, 2.75) is 18.4 Å². The average Bonchev–Trinajstić information content (AvgIpc) is 3.08. The van der Waals surface area contributed by atoms with Gasteiger partial charge in [-0.1, -0.05) is 24.3 Å². The van der Waals surface area contributed by atoms with Gasteiger partial charge >= 0.3 is 0 Å². The Morgan fingerprint density at radius 1 is 1.14 bits per heavy atom. The second-order valence-corrected chi connectivity index (χ2v) is 7.50. The summed E-state index contributed by atoms with van der Waals surface area (Å²) >= 11 is 0. The molecular weight excluding hydrogens is 352 g/mol. The quantitative estimate of drug-likeness (QED) is 0.690. The molecular formula is C22H22N4O2. The zero-order valence-electron chi connectivity index (χ0n) is 15.8. The van der Waals surface area contributed by atoms with Crippen LogP contribution in [0.1, 0.15) is 17.5 Å². The van der Waals surface area contributed by atoms with E-state index < -0.39 is 0 Å². The molecule has 3 heterocycles. The van der Waals surface area contributed by atoms with E-state index in [1.165, 1.54) is 11.1 Å². The van der Waals surface area contributed by atoms with Gasteiger partial charge in [-0.3, -0.25) is 14.3 Å². The number of fused-ring (bicyclic) bond motifs is 2. The number of rotatable bonds is 2. The maximum absolute atomic E-state index is 12.6. The number of benzene rings is 1. The van der Waals surface area contributed by atoms with Crippen LogP contribution in [0, 0.1) is 0 Å². The van der Waals surface area contributed by atoms with Gasteiger partial charge in [0.2, 0.25) is 5.95 Å². The minimum atomic E-state index is -0.320. The fraction of sp³-hybridized carbons (Fsp3) is 0.318. The van der Waals surface area contributed by atoms with Crippen molar-refractivity contribution in [3.63, 3.8) is 0 Å². The second kappa shape index (κ2) is 6.56. The molecule has 0 amide bonds. The Morgan fingerprint density at radius 2 is 1.96 bits per heavy atom. The van der Waals surface area contributed by atoms with E-state index in [-0.39, 0.29) is 11.2 Å². The molecule has 1 unspecified atom stereocenters. The van der Waals surface area contributed by atoms with Crippen molar-refractivity contribution in [3.05, 3.63) is 76.3 Å². The third-order valence-electron chi connectivity index (χ3n) is 5.86. The van der Waals surface area contributed by atoms with Gasteiger partial charge in [-0.05, 0) is 36.1 Å². The second-order valence-electron chi connectivity index (χ2n) is 7.50. The van der Waals surface area contributed by atoms with E-state index >= 15 is 0 Å². The highest BCUT2D eigenvalue weighted by atomic mass is 16.5. The number of ether oxygens (including phenoxy) is 1. The van der Waals surface area contributed by atoms with E-state index in [1.807, 2.05) is 12.1 Å². The Bertz CT molecular complexity index is 1080. The summed E-state index contributed by atoms with van der Waals surface area (Å²) in [5.41, 5.74) is 3.81. The van der Waals surface area contributed by atoms with Gasteiger partial charge in [-0.2, -0.15) is 0 Å². The number of aryl methyl sites for hydroxylation is 1. The summed E-state index contributed by atoms with van der Waals surface area (Å²) in [5.74, 6) is 0.686. The van der Waals surface area contributed by atoms with Crippen molar-refractivity contribution >= 4 is 5.95 Å². The van der Waals surface area contributed by atoms with Crippen LogP contribution in [0.15, 0.2) is 59.7 Å². The number of morpholine rings is 1. The predicted octanol–water partition coefficient (Wildman–Crippen LogP) is 2.52. The van der Waals surface area contributed by atoms with E-state index in [4.69, 9.17) is 9.72 Å². The molecule has 1 fully saturated rings. The molecule has 6 nitrogen and oxygen atoms in total. The van der Waals surface area contributed by atoms with Gasteiger partial charge in [0.25, 0.3) is 5.56 Å². The van der Waals surface area contributed by atoms with E-state index in [9.17, 15) is 4.79 Å². The summed E-state index contributed by atoms with van der Waals surface area (Å²) in [4.78, 5) is 23.7. The molecule has 1 saturated heterocycles. The topological polar surface area (TPSA) is 60.2 Å². The summed E-state index contributed by atoms with van der Waals surface area (Å²) in [6.07, 6.45) is 5.41. The van der Waals surface area contributed by atoms with Crippen LogP contribution >= 0.6 is 0 Å². The molecule has 2 aliphatic rings. The molecule has 0 bridgehead atoms. The first-order chi connectivity index (χ1) is 13.7. The minimum absolute atomic E-state index is 0.0656. The molecule has 5 rings (SSSR count). The standard InChI is InChI=1S/C22H22N4O2/c1-25-20(27)14-19(17-7-10-23-11-8-17)24-21(25)26-12-13-28-22(15-26)9-6-16-4-2-3-5-18(16)22/h2-5,7-8,10-11,14H,6,9,12-13,15H2,1H3. The van der Waals surface area contributed by atoms with Crippen LogP contribution in [-0.2, 0) is 23.8 Å². The Kier molecular flexibility index (Phi) is 4.02. The summed E-state index contributed by atoms with van der Waals surface area (Å²) in [6.45, 7) is 2.03. The van der Waals surface area contributed by atoms with Crippen molar-refractivity contribution in [1.29, 1.82) is 0 Å². The van der Waals surface area contributed by atoms with Gasteiger partial charge in [-0.25, -0.2) is 4.98 Å². The van der Waals surface area contributed by atoms with E-state index in [0.717, 1.165) is 18.4 Å². The number of pyridine rings is 1. The molecule has 3 aromatic rings. The van der Waals surface area contributed by atoms with Crippen molar-refractivity contribution in [2.75, 3.05) is 24.6 Å². The van der Waals surface area contributed by atoms with Gasteiger partial charge in [0.05, 0.1) is 18.8 Å². The number of hydrogen-bond acceptors (Lipinski definition) is 5. The van der Waals surface area contributed by atoms with Crippen LogP contribution in [0.4, 0.5) is 5.95 Å². The van der Waals surface area contributed by atoms with Gasteiger partial charge in [0, 0.05) is 37.6 Å². The lowest BCUT2D eigenvalue weighted by atomic mass is 9.94. The average molecular weight is 374 g/mol. The SMILES string of the molecule is Cn1c(N2CCOC3(CCc4ccccc43)C2)nc(-c2ccncc2)cc1=O. The lowest BCUT2D eigenvalue weighted by Crippen LogP contribution is -2.50. The molecule has 1 aromatic carbocycles. The highest BCUT2D eigenvalue weighted by Crippen LogP contribution is 2.42. The summed E-state index contributed by atoms with van der Waals surface area (Å²) in [6, 6.07) is 13.9. The molecule has 0 radical (unpaired) electrons. The van der Waals surface area contributed by atoms with Crippen molar-refractivity contribution in [3.8, 4) is 11.3 Å². The maximum atomic E-state index is 12.6. The monoisotopic (exact) mass is 374 g/mol. The zero-order chi connectivity index (χ0) is 19.1. The Morgan fingerprint density at radius 3 is 2.82 bits per heavy atom. The molecule has 1 spiro atoms. The Balaban J connectivity index is 1.55. The lowest BCUT2D eigenvalue weighted by Gasteiger charge is -2.42. The van der Waals surface area contributed by atoms with Gasteiger partial charge in [0.1, 0.15) is 5.60 Å². The third kappa shape index (κ3) is 2.72. The molecule has 0 N–H and O–H groups in total. The molecule has 1 atom stereocenters. The number of aromatic nitrogens is 3. The Hall–Kier alpha value is -2.99. The highest BCUT2D eigenvalue weighted by Gasteiger charge is 2.44. The first kappa shape index (κ1) is 17.1. The maximum Gasteiger partial charge on any atom is 0.255 e. The minimum Gasteiger partial charge on any atom is -0.367 e. The van der Waals surface area contributed by atoms with Crippen molar-refractivity contribution in [2.24, 2.45) is 7.05 Å². The van der Waals surface area contributed by atoms with Gasteiger partial charge < -0.3 is 9.64 Å². The van der Waals surface area contributed by atoms with Crippen LogP contribution in [0.5, 0.6) is 0 Å². The molecule has 1 aliphatic carbocycles. The Labute approximate surface area is 163 Å². The molecule has 28 heavy (non-hydrogen) atoms. The molecule has 2 aromatic heterocycles. The van der Waals surface area contributed by atoms with Crippen LogP contribution in [0.25, 0.3) is 11.3 Å². The summed E-state index contributed by atoms with van der Waals surface area (Å²) in [7, 11) is 1.78. The van der Waals surface area contributed by atoms with E-state index in [2.05, 4.69) is 34.1 Å². The van der Waals surface area contributed by atoms with Crippen LogP contribution in [-0.4, -0.2) is 34.2 Å². The predicted molar refractivity (Wildman–Crippen MR) is 107 cm³/mol. The smallest absolute Gasteiger partial charge is 0.255 e. The highest BCUT2D eigenvalue weighted by molar-refractivity contribution is 5.59. The van der Waals surface area contributed by atoms with Crippen LogP contribution < -0.4 is 10.5 Å². The zero-order valence-corrected chi connectivity index (χ0v) is 15.8. The number of nitrogens with zero attached hydrogens (tertiary/aromatic N) is 4. The number of hydrogen-bond donors (Lipinski definition) is 0. The van der Waals surface area contributed by atoms with Gasteiger partial charge in [0.15, 0.2) is 0 Å². The molecule has 142 valence electrons. The lowest BCUT2D eigenvalue weighted by molar-refractivity contribution is -0.0597. The molecule has 0 saturated carbocycles. The van der Waals surface area contributed by atoms with Crippen LogP contribution in [0.2, 0.25) is 0 Å². The first-order valence-electron chi connectivity index (χ1n) is 9.62. The van der Waals surface area contributed by atoms with E-state index in [0.29, 0.717) is 31.3 Å². The largest absolute Gasteiger partial charge is 0.367 e. The third-order valence-corrected chi connectivity index (χ3v) is 5.86. The van der Waals surface area contributed by atoms with Gasteiger partial charge in [-0.15, -0.1) is 0 Å². The molecule has 1 aliphatic heterocycles. The number of anilines is 1. The first-order valence-corrected chi connectivity index (χ1v) is 9.62. The molecule has 6 heteroatoms. The normalized spacial score (nSPS) is 21.1. The van der Waals surface area contributed by atoms with E-state index in [1.54, 1.807) is 30.1 Å². The van der Waals surface area contributed by atoms with Crippen LogP contribution in [0.3, 0.4) is 0 Å². The van der Waals surface area contributed by atoms with Crippen molar-refractivity contribution < 1.29 is 4.74 Å². The summed E-state index contributed by atoms with van der Waals surface area (Å²) in [5, 5.41) is 0. The fourth-order valence-corrected chi connectivity index (χ4v) is 4.40. The van der Waals surface area contributed by atoms with Crippen molar-refractivity contribution in [1.82, 2.24) is 14.5 Å². The summed E-state index contributed by atoms with van der Waals surface area (Å²) < 4.78 is 7.95.